The Morgan fingerprint density at radius 1 is 0.962 bits per heavy atom. The van der Waals surface area contributed by atoms with Crippen LogP contribution in [0.3, 0.4) is 0 Å². The highest BCUT2D eigenvalue weighted by Crippen LogP contribution is 2.28. The number of para-hydroxylation sites is 1. The second kappa shape index (κ2) is 6.73. The van der Waals surface area contributed by atoms with Crippen molar-refractivity contribution in [1.82, 2.24) is 25.2 Å². The predicted octanol–water partition coefficient (Wildman–Crippen LogP) is 2.62. The summed E-state index contributed by atoms with van der Waals surface area (Å²) in [6.07, 6.45) is 0. The molecule has 4 aromatic rings. The van der Waals surface area contributed by atoms with Gasteiger partial charge in [0, 0.05) is 5.56 Å². The SMILES string of the molecule is Nc1nn(-c2ccccc2)nc1-c1nnc(NC(=O)c2ccccc2)s1. The molecular weight excluding hydrogens is 350 g/mol. The van der Waals surface area contributed by atoms with E-state index in [0.717, 1.165) is 5.69 Å². The maximum absolute atomic E-state index is 12.2. The Balaban J connectivity index is 1.57. The molecule has 0 unspecified atom stereocenters. The number of nitrogens with one attached hydrogen (secondary N) is 1. The van der Waals surface area contributed by atoms with Crippen LogP contribution in [0.1, 0.15) is 10.4 Å². The van der Waals surface area contributed by atoms with Gasteiger partial charge >= 0.3 is 0 Å². The van der Waals surface area contributed by atoms with Crippen LogP contribution in [-0.4, -0.2) is 31.1 Å². The van der Waals surface area contributed by atoms with Crippen molar-refractivity contribution in [3.63, 3.8) is 0 Å². The van der Waals surface area contributed by atoms with E-state index in [0.29, 0.717) is 21.4 Å². The summed E-state index contributed by atoms with van der Waals surface area (Å²) in [5, 5.41) is 20.2. The van der Waals surface area contributed by atoms with E-state index in [9.17, 15) is 4.79 Å². The Bertz CT molecular complexity index is 1040. The highest BCUT2D eigenvalue weighted by atomic mass is 32.1. The molecule has 0 saturated carbocycles. The Kier molecular flexibility index (Phi) is 4.12. The summed E-state index contributed by atoms with van der Waals surface area (Å²) in [5.74, 6) is -0.0137. The fraction of sp³-hybridized carbons (Fsp3) is 0. The van der Waals surface area contributed by atoms with Crippen LogP contribution in [0.5, 0.6) is 0 Å². The average molecular weight is 363 g/mol. The highest BCUT2D eigenvalue weighted by Gasteiger charge is 2.17. The van der Waals surface area contributed by atoms with Gasteiger partial charge in [-0.3, -0.25) is 10.1 Å². The third-order valence-electron chi connectivity index (χ3n) is 3.51. The van der Waals surface area contributed by atoms with Gasteiger partial charge in [-0.05, 0) is 24.3 Å². The lowest BCUT2D eigenvalue weighted by molar-refractivity contribution is 0.102. The van der Waals surface area contributed by atoms with E-state index in [2.05, 4.69) is 25.7 Å². The number of anilines is 2. The summed E-state index contributed by atoms with van der Waals surface area (Å²) in [6.45, 7) is 0. The van der Waals surface area contributed by atoms with Crippen molar-refractivity contribution in [2.24, 2.45) is 0 Å². The summed E-state index contributed by atoms with van der Waals surface area (Å²) in [5.41, 5.74) is 7.72. The predicted molar refractivity (Wildman–Crippen MR) is 99.1 cm³/mol. The van der Waals surface area contributed by atoms with Gasteiger partial charge < -0.3 is 5.73 Å². The number of amides is 1. The van der Waals surface area contributed by atoms with Gasteiger partial charge in [-0.1, -0.05) is 47.7 Å². The van der Waals surface area contributed by atoms with Crippen LogP contribution < -0.4 is 11.1 Å². The molecular formula is C17H13N7OS. The number of carbonyl (C=O) groups is 1. The number of nitrogens with two attached hydrogens (primary N) is 1. The van der Waals surface area contributed by atoms with Gasteiger partial charge in [-0.15, -0.1) is 25.2 Å². The van der Waals surface area contributed by atoms with E-state index in [1.165, 1.54) is 16.1 Å². The minimum absolute atomic E-state index is 0.242. The van der Waals surface area contributed by atoms with E-state index in [-0.39, 0.29) is 11.7 Å². The number of rotatable bonds is 4. The molecule has 0 bridgehead atoms. The Morgan fingerprint density at radius 3 is 2.38 bits per heavy atom. The largest absolute Gasteiger partial charge is 0.380 e. The van der Waals surface area contributed by atoms with Gasteiger partial charge in [0.25, 0.3) is 5.91 Å². The summed E-state index contributed by atoms with van der Waals surface area (Å²) in [4.78, 5) is 13.6. The molecule has 3 N–H and O–H groups in total. The Hall–Kier alpha value is -3.59. The molecule has 0 saturated heterocycles. The first kappa shape index (κ1) is 15.9. The van der Waals surface area contributed by atoms with Gasteiger partial charge in [0.15, 0.2) is 16.5 Å². The first-order valence-electron chi connectivity index (χ1n) is 7.69. The van der Waals surface area contributed by atoms with Crippen molar-refractivity contribution in [1.29, 1.82) is 0 Å². The van der Waals surface area contributed by atoms with Crippen molar-refractivity contribution in [2.75, 3.05) is 11.1 Å². The maximum atomic E-state index is 12.2. The molecule has 4 rings (SSSR count). The van der Waals surface area contributed by atoms with Crippen molar-refractivity contribution in [3.05, 3.63) is 66.2 Å². The number of hydrogen-bond acceptors (Lipinski definition) is 7. The smallest absolute Gasteiger partial charge is 0.257 e. The standard InChI is InChI=1S/C17H13N7OS/c18-14-13(22-24(23-14)12-9-5-2-6-10-12)16-20-21-17(26-16)19-15(25)11-7-3-1-4-8-11/h1-10H,(H2,18,23)(H,19,21,25). The number of aromatic nitrogens is 5. The second-order valence-corrected chi connectivity index (χ2v) is 6.27. The molecule has 9 heteroatoms. The fourth-order valence-corrected chi connectivity index (χ4v) is 3.01. The number of hydrogen-bond donors (Lipinski definition) is 2. The zero-order valence-electron chi connectivity index (χ0n) is 13.4. The van der Waals surface area contributed by atoms with Crippen LogP contribution in [0.2, 0.25) is 0 Å². The van der Waals surface area contributed by atoms with Crippen LogP contribution in [0.25, 0.3) is 16.4 Å². The molecule has 0 aliphatic heterocycles. The summed E-state index contributed by atoms with van der Waals surface area (Å²) in [7, 11) is 0. The second-order valence-electron chi connectivity index (χ2n) is 5.29. The number of nitrogen functional groups attached to an aromatic ring is 1. The topological polar surface area (TPSA) is 112 Å². The van der Waals surface area contributed by atoms with Crippen LogP contribution in [0.15, 0.2) is 60.7 Å². The van der Waals surface area contributed by atoms with E-state index < -0.39 is 0 Å². The summed E-state index contributed by atoms with van der Waals surface area (Å²) >= 11 is 1.18. The van der Waals surface area contributed by atoms with Gasteiger partial charge in [0.05, 0.1) is 5.69 Å². The summed E-state index contributed by atoms with van der Waals surface area (Å²) < 4.78 is 0. The molecule has 128 valence electrons. The van der Waals surface area contributed by atoms with Crippen LogP contribution >= 0.6 is 11.3 Å². The maximum Gasteiger partial charge on any atom is 0.257 e. The van der Waals surface area contributed by atoms with Gasteiger partial charge in [-0.2, -0.15) is 0 Å². The summed E-state index contributed by atoms with van der Waals surface area (Å²) in [6, 6.07) is 18.3. The number of nitrogens with zero attached hydrogens (tertiary/aromatic N) is 5. The van der Waals surface area contributed by atoms with Gasteiger partial charge in [-0.25, -0.2) is 0 Å². The van der Waals surface area contributed by atoms with E-state index in [4.69, 9.17) is 5.73 Å². The highest BCUT2D eigenvalue weighted by molar-refractivity contribution is 7.18. The van der Waals surface area contributed by atoms with Gasteiger partial charge in [0.1, 0.15) is 0 Å². The zero-order chi connectivity index (χ0) is 17.9. The van der Waals surface area contributed by atoms with E-state index in [1.807, 2.05) is 36.4 Å². The normalized spacial score (nSPS) is 10.6. The van der Waals surface area contributed by atoms with Crippen molar-refractivity contribution < 1.29 is 4.79 Å². The van der Waals surface area contributed by atoms with Crippen molar-refractivity contribution in [2.45, 2.75) is 0 Å². The molecule has 2 heterocycles. The minimum Gasteiger partial charge on any atom is -0.380 e. The first-order chi connectivity index (χ1) is 12.7. The molecule has 26 heavy (non-hydrogen) atoms. The lowest BCUT2D eigenvalue weighted by atomic mass is 10.2. The Morgan fingerprint density at radius 2 is 1.65 bits per heavy atom. The van der Waals surface area contributed by atoms with Gasteiger partial charge in [0.2, 0.25) is 5.13 Å². The lowest BCUT2D eigenvalue weighted by Gasteiger charge is -1.99. The van der Waals surface area contributed by atoms with Crippen LogP contribution in [0, 0.1) is 0 Å². The number of benzene rings is 2. The molecule has 1 amide bonds. The number of carbonyl (C=O) groups excluding carboxylic acids is 1. The van der Waals surface area contributed by atoms with Crippen molar-refractivity contribution >= 4 is 28.2 Å². The quantitative estimate of drug-likeness (QED) is 0.576. The molecule has 8 nitrogen and oxygen atoms in total. The molecule has 0 aliphatic rings. The molecule has 0 radical (unpaired) electrons. The van der Waals surface area contributed by atoms with E-state index >= 15 is 0 Å². The van der Waals surface area contributed by atoms with Crippen molar-refractivity contribution in [3.8, 4) is 16.4 Å². The average Bonchev–Trinajstić information content (AvgIpc) is 3.29. The minimum atomic E-state index is -0.255. The third kappa shape index (κ3) is 3.15. The zero-order valence-corrected chi connectivity index (χ0v) is 14.2. The molecule has 2 aromatic carbocycles. The fourth-order valence-electron chi connectivity index (χ4n) is 2.28. The lowest BCUT2D eigenvalue weighted by Crippen LogP contribution is -2.11. The van der Waals surface area contributed by atoms with E-state index in [1.54, 1.807) is 24.3 Å². The van der Waals surface area contributed by atoms with Crippen LogP contribution in [-0.2, 0) is 0 Å². The first-order valence-corrected chi connectivity index (χ1v) is 8.51. The molecule has 2 aromatic heterocycles. The van der Waals surface area contributed by atoms with Crippen LogP contribution in [0.4, 0.5) is 10.9 Å². The molecule has 0 spiro atoms. The Labute approximate surface area is 152 Å². The monoisotopic (exact) mass is 363 g/mol. The molecule has 0 fully saturated rings. The molecule has 0 atom stereocenters. The molecule has 0 aliphatic carbocycles. The third-order valence-corrected chi connectivity index (χ3v) is 4.36.